The Hall–Kier alpha value is -2.34. The van der Waals surface area contributed by atoms with Crippen molar-refractivity contribution < 1.29 is 4.79 Å². The van der Waals surface area contributed by atoms with Gasteiger partial charge in [-0.15, -0.1) is 11.3 Å². The van der Waals surface area contributed by atoms with Gasteiger partial charge in [-0.25, -0.2) is 0 Å². The fraction of sp³-hybridized carbons (Fsp3) is 0.143. The molecule has 1 amide bonds. The lowest BCUT2D eigenvalue weighted by Gasteiger charge is -2.20. The SMILES string of the molecule is CCN(C(=O)c1cc2c(-c3ccc(Cl)cc3)nn(C)c2s1)c1cccc(Cl)c1. The average molecular weight is 430 g/mol. The maximum absolute atomic E-state index is 13.2. The van der Waals surface area contributed by atoms with Crippen LogP contribution in [0.3, 0.4) is 0 Å². The number of rotatable bonds is 4. The number of halogens is 2. The Bertz CT molecular complexity index is 1160. The highest BCUT2D eigenvalue weighted by Crippen LogP contribution is 2.35. The van der Waals surface area contributed by atoms with Crippen molar-refractivity contribution in [3.8, 4) is 11.3 Å². The molecule has 28 heavy (non-hydrogen) atoms. The maximum atomic E-state index is 13.2. The van der Waals surface area contributed by atoms with Crippen molar-refractivity contribution in [1.82, 2.24) is 9.78 Å². The summed E-state index contributed by atoms with van der Waals surface area (Å²) in [6, 6.07) is 16.8. The monoisotopic (exact) mass is 429 g/mol. The summed E-state index contributed by atoms with van der Waals surface area (Å²) in [6.07, 6.45) is 0. The molecule has 4 nitrogen and oxygen atoms in total. The summed E-state index contributed by atoms with van der Waals surface area (Å²) in [6.45, 7) is 2.50. The summed E-state index contributed by atoms with van der Waals surface area (Å²) in [5, 5.41) is 6.87. The molecule has 0 fully saturated rings. The smallest absolute Gasteiger partial charge is 0.268 e. The molecule has 4 rings (SSSR count). The van der Waals surface area contributed by atoms with Gasteiger partial charge in [0.05, 0.1) is 4.88 Å². The van der Waals surface area contributed by atoms with Crippen molar-refractivity contribution in [2.24, 2.45) is 7.05 Å². The van der Waals surface area contributed by atoms with Crippen LogP contribution in [0, 0.1) is 0 Å². The molecule has 0 spiro atoms. The number of carbonyl (C=O) groups is 1. The van der Waals surface area contributed by atoms with Crippen molar-refractivity contribution in [1.29, 1.82) is 0 Å². The summed E-state index contributed by atoms with van der Waals surface area (Å²) in [5.74, 6) is -0.0481. The number of aryl methyl sites for hydroxylation is 1. The van der Waals surface area contributed by atoms with E-state index in [0.29, 0.717) is 21.5 Å². The second-order valence-corrected chi connectivity index (χ2v) is 8.24. The lowest BCUT2D eigenvalue weighted by atomic mass is 10.1. The third-order valence-electron chi connectivity index (χ3n) is 4.52. The number of aromatic nitrogens is 2. The highest BCUT2D eigenvalue weighted by Gasteiger charge is 2.22. The van der Waals surface area contributed by atoms with Gasteiger partial charge >= 0.3 is 0 Å². The molecule has 4 aromatic rings. The van der Waals surface area contributed by atoms with Crippen LogP contribution in [-0.4, -0.2) is 22.2 Å². The number of carbonyl (C=O) groups excluding carboxylic acids is 1. The molecule has 0 aliphatic carbocycles. The van der Waals surface area contributed by atoms with E-state index < -0.39 is 0 Å². The van der Waals surface area contributed by atoms with Crippen molar-refractivity contribution in [2.45, 2.75) is 6.92 Å². The first kappa shape index (κ1) is 19.0. The second kappa shape index (κ2) is 7.59. The topological polar surface area (TPSA) is 38.1 Å². The first-order chi connectivity index (χ1) is 13.5. The van der Waals surface area contributed by atoms with Gasteiger partial charge in [0.2, 0.25) is 0 Å². The molecule has 7 heteroatoms. The van der Waals surface area contributed by atoms with Crippen LogP contribution in [0.2, 0.25) is 10.0 Å². The van der Waals surface area contributed by atoms with Gasteiger partial charge in [-0.3, -0.25) is 9.48 Å². The Morgan fingerprint density at radius 2 is 1.86 bits per heavy atom. The number of thiophene rings is 1. The summed E-state index contributed by atoms with van der Waals surface area (Å²) in [4.78, 5) is 16.6. The van der Waals surface area contributed by atoms with Crippen molar-refractivity contribution in [3.63, 3.8) is 0 Å². The summed E-state index contributed by atoms with van der Waals surface area (Å²) in [5.41, 5.74) is 2.60. The number of amides is 1. The van der Waals surface area contributed by atoms with Gasteiger partial charge in [0.25, 0.3) is 5.91 Å². The molecular weight excluding hydrogens is 413 g/mol. The Labute approximate surface area is 176 Å². The third-order valence-corrected chi connectivity index (χ3v) is 6.20. The lowest BCUT2D eigenvalue weighted by Crippen LogP contribution is -2.29. The van der Waals surface area contributed by atoms with Crippen LogP contribution in [-0.2, 0) is 7.05 Å². The molecular formula is C21H17Cl2N3OS. The van der Waals surface area contributed by atoms with Crippen LogP contribution in [0.25, 0.3) is 21.5 Å². The van der Waals surface area contributed by atoms with E-state index in [1.165, 1.54) is 11.3 Å². The fourth-order valence-corrected chi connectivity index (χ4v) is 4.52. The molecule has 0 unspecified atom stereocenters. The molecule has 0 bridgehead atoms. The number of fused-ring (bicyclic) bond motifs is 1. The minimum Gasteiger partial charge on any atom is -0.308 e. The van der Waals surface area contributed by atoms with Gasteiger partial charge in [-0.2, -0.15) is 5.10 Å². The zero-order valence-electron chi connectivity index (χ0n) is 15.3. The molecule has 0 aliphatic heterocycles. The molecule has 0 N–H and O–H groups in total. The zero-order chi connectivity index (χ0) is 19.8. The Morgan fingerprint density at radius 3 is 2.54 bits per heavy atom. The van der Waals surface area contributed by atoms with Gasteiger partial charge in [0.15, 0.2) is 0 Å². The molecule has 2 heterocycles. The molecule has 0 atom stereocenters. The van der Waals surface area contributed by atoms with E-state index in [1.807, 2.05) is 61.1 Å². The van der Waals surface area contributed by atoms with Crippen LogP contribution in [0.15, 0.2) is 54.6 Å². The Balaban J connectivity index is 1.76. The highest BCUT2D eigenvalue weighted by atomic mass is 35.5. The minimum atomic E-state index is -0.0481. The number of hydrogen-bond acceptors (Lipinski definition) is 3. The molecule has 0 aliphatic rings. The van der Waals surface area contributed by atoms with Gasteiger partial charge in [-0.1, -0.05) is 41.4 Å². The Kier molecular flexibility index (Phi) is 5.15. The molecule has 2 aromatic heterocycles. The highest BCUT2D eigenvalue weighted by molar-refractivity contribution is 7.20. The van der Waals surface area contributed by atoms with Crippen LogP contribution >= 0.6 is 34.5 Å². The van der Waals surface area contributed by atoms with Crippen LogP contribution in [0.4, 0.5) is 5.69 Å². The van der Waals surface area contributed by atoms with E-state index in [2.05, 4.69) is 5.10 Å². The molecule has 0 saturated carbocycles. The van der Waals surface area contributed by atoms with Gasteiger partial charge in [-0.05, 0) is 43.3 Å². The fourth-order valence-electron chi connectivity index (χ4n) is 3.19. The number of nitrogens with zero attached hydrogens (tertiary/aromatic N) is 3. The van der Waals surface area contributed by atoms with Crippen LogP contribution < -0.4 is 4.90 Å². The van der Waals surface area contributed by atoms with Gasteiger partial charge in [0, 0.05) is 40.3 Å². The third kappa shape index (κ3) is 3.41. The van der Waals surface area contributed by atoms with Crippen molar-refractivity contribution in [3.05, 3.63) is 69.5 Å². The van der Waals surface area contributed by atoms with Gasteiger partial charge < -0.3 is 4.90 Å². The molecule has 0 radical (unpaired) electrons. The normalized spacial score (nSPS) is 11.1. The number of hydrogen-bond donors (Lipinski definition) is 0. The summed E-state index contributed by atoms with van der Waals surface area (Å²) >= 11 is 13.6. The summed E-state index contributed by atoms with van der Waals surface area (Å²) in [7, 11) is 1.89. The van der Waals surface area contributed by atoms with E-state index in [-0.39, 0.29) is 5.91 Å². The van der Waals surface area contributed by atoms with E-state index >= 15 is 0 Å². The van der Waals surface area contributed by atoms with E-state index in [4.69, 9.17) is 23.2 Å². The first-order valence-corrected chi connectivity index (χ1v) is 10.3. The largest absolute Gasteiger partial charge is 0.308 e. The second-order valence-electron chi connectivity index (χ2n) is 6.34. The number of anilines is 1. The minimum absolute atomic E-state index is 0.0481. The van der Waals surface area contributed by atoms with Crippen molar-refractivity contribution in [2.75, 3.05) is 11.4 Å². The predicted molar refractivity (Wildman–Crippen MR) is 118 cm³/mol. The standard InChI is InChI=1S/C21H17Cl2N3OS/c1-3-26(16-6-4-5-15(23)11-16)20(27)18-12-17-19(24-25(2)21(17)28-18)13-7-9-14(22)10-8-13/h4-12H,3H2,1-2H3. The average Bonchev–Trinajstić information content (AvgIpc) is 3.24. The quantitative estimate of drug-likeness (QED) is 0.382. The molecule has 2 aromatic carbocycles. The van der Waals surface area contributed by atoms with Crippen LogP contribution in [0.5, 0.6) is 0 Å². The molecule has 0 saturated heterocycles. The zero-order valence-corrected chi connectivity index (χ0v) is 17.6. The Morgan fingerprint density at radius 1 is 1.11 bits per heavy atom. The van der Waals surface area contributed by atoms with E-state index in [0.717, 1.165) is 27.2 Å². The molecule has 142 valence electrons. The van der Waals surface area contributed by atoms with Crippen molar-refractivity contribution >= 4 is 56.3 Å². The lowest BCUT2D eigenvalue weighted by molar-refractivity contribution is 0.0992. The first-order valence-electron chi connectivity index (χ1n) is 8.78. The van der Waals surface area contributed by atoms with E-state index in [1.54, 1.807) is 17.0 Å². The van der Waals surface area contributed by atoms with Gasteiger partial charge in [0.1, 0.15) is 10.5 Å². The predicted octanol–water partition coefficient (Wildman–Crippen LogP) is 6.28. The summed E-state index contributed by atoms with van der Waals surface area (Å²) < 4.78 is 1.82. The van der Waals surface area contributed by atoms with E-state index in [9.17, 15) is 4.79 Å². The maximum Gasteiger partial charge on any atom is 0.268 e. The van der Waals surface area contributed by atoms with Crippen LogP contribution in [0.1, 0.15) is 16.6 Å². The number of benzene rings is 2.